The van der Waals surface area contributed by atoms with Gasteiger partial charge < -0.3 is 20.1 Å². The second-order valence-electron chi connectivity index (χ2n) is 8.88. The van der Waals surface area contributed by atoms with Crippen molar-refractivity contribution in [2.75, 3.05) is 18.5 Å². The number of carboxylic acid groups (broad SMARTS) is 1. The summed E-state index contributed by atoms with van der Waals surface area (Å²) >= 11 is 1.98. The molecule has 1 aromatic heterocycles. The van der Waals surface area contributed by atoms with E-state index in [2.05, 4.69) is 10.3 Å². The van der Waals surface area contributed by atoms with Crippen molar-refractivity contribution in [3.05, 3.63) is 68.6 Å². The topological polar surface area (TPSA) is 206 Å². The van der Waals surface area contributed by atoms with E-state index in [0.717, 1.165) is 28.0 Å². The Balaban J connectivity index is 1.31. The molecule has 13 nitrogen and oxygen atoms in total. The number of aliphatic carboxylic acids is 1. The number of carboxylic acids is 1. The number of nitrogens with two attached hydrogens (primary N) is 1. The Bertz CT molecular complexity index is 1680. The zero-order valence-corrected chi connectivity index (χ0v) is 22.7. The molecule has 0 radical (unpaired) electrons. The Morgan fingerprint density at radius 2 is 1.73 bits per heavy atom. The fourth-order valence-corrected chi connectivity index (χ4v) is 7.62. The van der Waals surface area contributed by atoms with Crippen LogP contribution in [0.4, 0.5) is 5.69 Å². The number of carbonyl (C=O) groups excluding carboxylic acids is 3. The number of primary sulfonamides is 1. The number of benzene rings is 2. The molecule has 3 amide bonds. The number of ether oxygens (including phenoxy) is 1. The molecule has 1 saturated heterocycles. The second kappa shape index (κ2) is 10.5. The molecule has 3 heterocycles. The number of nitrogens with zero attached hydrogens (tertiary/aromatic N) is 1. The number of amides is 3. The molecule has 2 aromatic carbocycles. The first-order valence-corrected chi connectivity index (χ1v) is 14.8. The summed E-state index contributed by atoms with van der Waals surface area (Å²) in [6.45, 7) is -1.10. The Kier molecular flexibility index (Phi) is 7.26. The number of H-pyrrole nitrogens is 1. The van der Waals surface area contributed by atoms with Crippen molar-refractivity contribution < 1.29 is 37.4 Å². The number of anilines is 1. The van der Waals surface area contributed by atoms with E-state index < -0.39 is 57.3 Å². The number of rotatable bonds is 8. The highest BCUT2D eigenvalue weighted by atomic mass is 32.2. The van der Waals surface area contributed by atoms with Gasteiger partial charge in [0, 0.05) is 16.5 Å². The van der Waals surface area contributed by atoms with E-state index in [1.807, 2.05) is 0 Å². The van der Waals surface area contributed by atoms with Crippen LogP contribution in [0.15, 0.2) is 63.2 Å². The van der Waals surface area contributed by atoms with Crippen LogP contribution in [0.5, 0.6) is 5.75 Å². The zero-order chi connectivity index (χ0) is 28.8. The van der Waals surface area contributed by atoms with Crippen LogP contribution in [0.3, 0.4) is 0 Å². The lowest BCUT2D eigenvalue weighted by molar-refractivity contribution is -0.149. The molecule has 0 saturated carbocycles. The van der Waals surface area contributed by atoms with Gasteiger partial charge >= 0.3 is 10.8 Å². The monoisotopic (exact) mass is 604 g/mol. The average molecular weight is 605 g/mol. The summed E-state index contributed by atoms with van der Waals surface area (Å²) in [6.07, 6.45) is 0. The predicted octanol–water partition coefficient (Wildman–Crippen LogP) is 0.777. The number of sulfonamides is 1. The standard InChI is InChI=1S/C24H20N4O9S3/c25-40(35,36)14-7-3-12(4-8-14)26-15(29)10-37-13-5-1-11(2-6-13)17-18-20(38-21-19(17)39-24(34)27-21)23(33)28(22(18)32)9-16(30)31/h1-8,17-18,20H,9-10H2,(H,26,29)(H,27,34)(H,30,31)(H2,25,35,36)/t17-,18?,20?/m0/s1. The lowest BCUT2D eigenvalue weighted by Crippen LogP contribution is -2.36. The Morgan fingerprint density at radius 3 is 2.35 bits per heavy atom. The first-order chi connectivity index (χ1) is 18.9. The van der Waals surface area contributed by atoms with Crippen LogP contribution in [-0.4, -0.2) is 65.5 Å². The fraction of sp³-hybridized carbons (Fsp3) is 0.208. The largest absolute Gasteiger partial charge is 0.484 e. The van der Waals surface area contributed by atoms with Crippen molar-refractivity contribution in [2.45, 2.75) is 21.1 Å². The first-order valence-electron chi connectivity index (χ1n) is 11.5. The second-order valence-corrected chi connectivity index (χ2v) is 12.6. The molecular weight excluding hydrogens is 584 g/mol. The maximum Gasteiger partial charge on any atom is 0.323 e. The number of hydrogen-bond acceptors (Lipinski definition) is 10. The van der Waals surface area contributed by atoms with Crippen LogP contribution < -0.4 is 20.1 Å². The molecule has 16 heteroatoms. The first kappa shape index (κ1) is 27.6. The van der Waals surface area contributed by atoms with Gasteiger partial charge in [-0.05, 0) is 42.0 Å². The van der Waals surface area contributed by atoms with Crippen molar-refractivity contribution in [3.63, 3.8) is 0 Å². The SMILES string of the molecule is NS(=O)(=O)c1ccc(NC(=O)COc2ccc([C@@H]3c4sc(=O)[nH]c4SC4C(=O)N(CC(=O)O)C(=O)C43)cc2)cc1. The van der Waals surface area contributed by atoms with E-state index in [9.17, 15) is 37.5 Å². The van der Waals surface area contributed by atoms with Gasteiger partial charge in [0.1, 0.15) is 17.5 Å². The normalized spacial score (nSPS) is 20.1. The van der Waals surface area contributed by atoms with Gasteiger partial charge in [-0.1, -0.05) is 35.2 Å². The van der Waals surface area contributed by atoms with E-state index in [1.165, 1.54) is 24.3 Å². The van der Waals surface area contributed by atoms with Crippen molar-refractivity contribution in [3.8, 4) is 5.75 Å². The third kappa shape index (κ3) is 5.38. The highest BCUT2D eigenvalue weighted by Crippen LogP contribution is 2.52. The number of nitrogens with one attached hydrogen (secondary N) is 2. The van der Waals surface area contributed by atoms with Gasteiger partial charge in [-0.3, -0.25) is 28.9 Å². The van der Waals surface area contributed by atoms with Gasteiger partial charge in [-0.2, -0.15) is 0 Å². The Morgan fingerprint density at radius 1 is 1.05 bits per heavy atom. The molecule has 2 unspecified atom stereocenters. The van der Waals surface area contributed by atoms with Gasteiger partial charge in [0.15, 0.2) is 6.61 Å². The van der Waals surface area contributed by atoms with Crippen LogP contribution >= 0.6 is 23.1 Å². The van der Waals surface area contributed by atoms with E-state index in [4.69, 9.17) is 9.88 Å². The number of thioether (sulfide) groups is 1. The number of thiazole rings is 1. The molecule has 2 aliphatic rings. The lowest BCUT2D eigenvalue weighted by Gasteiger charge is -2.29. The predicted molar refractivity (Wildman–Crippen MR) is 143 cm³/mol. The molecule has 40 heavy (non-hydrogen) atoms. The molecule has 3 aromatic rings. The molecule has 3 atom stereocenters. The van der Waals surface area contributed by atoms with Crippen LogP contribution in [-0.2, 0) is 29.2 Å². The third-order valence-electron chi connectivity index (χ3n) is 6.28. The van der Waals surface area contributed by atoms with Crippen LogP contribution in [0.2, 0.25) is 0 Å². The molecule has 5 N–H and O–H groups in total. The van der Waals surface area contributed by atoms with Gasteiger partial charge in [-0.15, -0.1) is 0 Å². The molecular formula is C24H20N4O9S3. The molecule has 5 rings (SSSR count). The summed E-state index contributed by atoms with van der Waals surface area (Å²) in [5.74, 6) is -4.28. The molecule has 0 bridgehead atoms. The highest BCUT2D eigenvalue weighted by molar-refractivity contribution is 8.00. The number of likely N-dealkylation sites (tertiary alicyclic amines) is 1. The maximum atomic E-state index is 13.2. The summed E-state index contributed by atoms with van der Waals surface area (Å²) in [5.41, 5.74) is 0.951. The van der Waals surface area contributed by atoms with Crippen molar-refractivity contribution >= 4 is 62.5 Å². The number of carbonyl (C=O) groups is 4. The highest BCUT2D eigenvalue weighted by Gasteiger charge is 2.56. The van der Waals surface area contributed by atoms with Crippen molar-refractivity contribution in [2.24, 2.45) is 11.1 Å². The summed E-state index contributed by atoms with van der Waals surface area (Å²) in [6, 6.07) is 11.8. The molecule has 0 aliphatic carbocycles. The van der Waals surface area contributed by atoms with Crippen molar-refractivity contribution in [1.82, 2.24) is 9.88 Å². The maximum absolute atomic E-state index is 13.2. The molecule has 0 spiro atoms. The molecule has 208 valence electrons. The van der Waals surface area contributed by atoms with Gasteiger partial charge in [0.05, 0.1) is 15.8 Å². The minimum Gasteiger partial charge on any atom is -0.484 e. The summed E-state index contributed by atoms with van der Waals surface area (Å²) in [4.78, 5) is 65.3. The number of fused-ring (bicyclic) bond motifs is 2. The third-order valence-corrected chi connectivity index (χ3v) is 9.61. The molecule has 1 fully saturated rings. The van der Waals surface area contributed by atoms with Gasteiger partial charge in [-0.25, -0.2) is 13.6 Å². The van der Waals surface area contributed by atoms with Crippen molar-refractivity contribution in [1.29, 1.82) is 0 Å². The van der Waals surface area contributed by atoms with Crippen LogP contribution in [0.1, 0.15) is 16.4 Å². The minimum absolute atomic E-state index is 0.0954. The Labute approximate surface area is 234 Å². The molecule has 2 aliphatic heterocycles. The number of aromatic amines is 1. The van der Waals surface area contributed by atoms with E-state index >= 15 is 0 Å². The number of hydrogen-bond donors (Lipinski definition) is 4. The average Bonchev–Trinajstić information content (AvgIpc) is 3.38. The lowest BCUT2D eigenvalue weighted by atomic mass is 9.83. The van der Waals surface area contributed by atoms with Gasteiger partial charge in [0.2, 0.25) is 21.8 Å². The Hall–Kier alpha value is -3.99. The van der Waals surface area contributed by atoms with E-state index in [1.54, 1.807) is 24.3 Å². The van der Waals surface area contributed by atoms with Crippen LogP contribution in [0, 0.1) is 5.92 Å². The van der Waals surface area contributed by atoms with E-state index in [0.29, 0.717) is 26.9 Å². The number of aromatic nitrogens is 1. The minimum atomic E-state index is -3.86. The quantitative estimate of drug-likeness (QED) is 0.266. The zero-order valence-electron chi connectivity index (χ0n) is 20.2. The number of imide groups is 1. The summed E-state index contributed by atoms with van der Waals surface area (Å²) < 4.78 is 28.2. The van der Waals surface area contributed by atoms with Crippen LogP contribution in [0.25, 0.3) is 0 Å². The smallest absolute Gasteiger partial charge is 0.323 e. The summed E-state index contributed by atoms with van der Waals surface area (Å²) in [7, 11) is -3.86. The summed E-state index contributed by atoms with van der Waals surface area (Å²) in [5, 5.41) is 16.4. The van der Waals surface area contributed by atoms with Gasteiger partial charge in [0.25, 0.3) is 5.91 Å². The fourth-order valence-electron chi connectivity index (χ4n) is 4.57. The van der Waals surface area contributed by atoms with E-state index in [-0.39, 0.29) is 16.4 Å².